The molecule has 276 valence electrons. The molecule has 0 unspecified atom stereocenters. The van der Waals surface area contributed by atoms with Gasteiger partial charge in [-0.05, 0) is 74.6 Å². The second kappa shape index (κ2) is 14.4. The van der Waals surface area contributed by atoms with Gasteiger partial charge >= 0.3 is 0 Å². The summed E-state index contributed by atoms with van der Waals surface area (Å²) in [6.45, 7) is 0. The van der Waals surface area contributed by atoms with Gasteiger partial charge in [-0.1, -0.05) is 164 Å². The Morgan fingerprint density at radius 3 is 1.53 bits per heavy atom. The molecule has 0 aliphatic rings. The van der Waals surface area contributed by atoms with Gasteiger partial charge < -0.3 is 0 Å². The van der Waals surface area contributed by atoms with Gasteiger partial charge in [-0.2, -0.15) is 0 Å². The highest BCUT2D eigenvalue weighted by Gasteiger charge is 2.22. The smallest absolute Gasteiger partial charge is 0.165 e. The molecule has 0 saturated carbocycles. The number of benzene rings is 8. The number of rotatable bonds is 7. The molecule has 8 aromatic carbocycles. The molecule has 6 heteroatoms. The van der Waals surface area contributed by atoms with Crippen LogP contribution in [0.15, 0.2) is 206 Å². The molecule has 3 heterocycles. The van der Waals surface area contributed by atoms with E-state index in [1.54, 1.807) is 0 Å². The van der Waals surface area contributed by atoms with E-state index in [1.165, 1.54) is 0 Å². The van der Waals surface area contributed by atoms with Crippen molar-refractivity contribution in [3.8, 4) is 73.6 Å². The highest BCUT2D eigenvalue weighted by Crippen LogP contribution is 2.43. The molecule has 3 aromatic heterocycles. The first kappa shape index (κ1) is 34.2. The van der Waals surface area contributed by atoms with E-state index in [2.05, 4.69) is 132 Å². The van der Waals surface area contributed by atoms with Crippen LogP contribution in [-0.2, 0) is 0 Å². The molecule has 0 aliphatic heterocycles. The average molecular weight is 755 g/mol. The molecule has 0 atom stereocenters. The Morgan fingerprint density at radius 1 is 0.339 bits per heavy atom. The van der Waals surface area contributed by atoms with Crippen LogP contribution in [0.5, 0.6) is 0 Å². The lowest BCUT2D eigenvalue weighted by molar-refractivity contribution is 1.08. The SMILES string of the molecule is c1ccc(-c2cccc(-c3nc(-c4ccccc4)nc(-c4c5ccccc5c(-c5ccc(-c6nc7ccccc7n6-c6ccccc6)nc5)c5ccccc45)n3)c2)cc1. The number of imidazole rings is 1. The maximum absolute atomic E-state index is 5.29. The maximum Gasteiger partial charge on any atom is 0.165 e. The minimum Gasteiger partial charge on any atom is -0.291 e. The van der Waals surface area contributed by atoms with Crippen molar-refractivity contribution < 1.29 is 0 Å². The van der Waals surface area contributed by atoms with E-state index in [0.717, 1.165) is 88.7 Å². The van der Waals surface area contributed by atoms with Gasteiger partial charge in [0.2, 0.25) is 0 Å². The van der Waals surface area contributed by atoms with Gasteiger partial charge in [-0.3, -0.25) is 9.55 Å². The molecular formula is C53H34N6. The number of pyridine rings is 1. The number of hydrogen-bond donors (Lipinski definition) is 0. The van der Waals surface area contributed by atoms with Gasteiger partial charge in [0, 0.05) is 34.1 Å². The molecule has 0 spiro atoms. The summed E-state index contributed by atoms with van der Waals surface area (Å²) in [4.78, 5) is 25.8. The Morgan fingerprint density at radius 2 is 0.864 bits per heavy atom. The van der Waals surface area contributed by atoms with E-state index < -0.39 is 0 Å². The predicted molar refractivity (Wildman–Crippen MR) is 240 cm³/mol. The fraction of sp³-hybridized carbons (Fsp3) is 0. The first-order valence-corrected chi connectivity index (χ1v) is 19.7. The lowest BCUT2D eigenvalue weighted by Crippen LogP contribution is -2.02. The number of fused-ring (bicyclic) bond motifs is 3. The number of aromatic nitrogens is 6. The molecule has 0 bridgehead atoms. The molecule has 11 rings (SSSR count). The summed E-state index contributed by atoms with van der Waals surface area (Å²) in [6, 6.07) is 68.9. The van der Waals surface area contributed by atoms with Crippen molar-refractivity contribution in [3.63, 3.8) is 0 Å². The molecule has 6 nitrogen and oxygen atoms in total. The minimum absolute atomic E-state index is 0.616. The molecule has 0 amide bonds. The summed E-state index contributed by atoms with van der Waals surface area (Å²) in [5.41, 5.74) is 10.9. The van der Waals surface area contributed by atoms with Crippen LogP contribution in [-0.4, -0.2) is 29.5 Å². The van der Waals surface area contributed by atoms with Crippen LogP contribution < -0.4 is 0 Å². The second-order valence-electron chi connectivity index (χ2n) is 14.5. The second-order valence-corrected chi connectivity index (χ2v) is 14.5. The first-order chi connectivity index (χ1) is 29.3. The molecule has 59 heavy (non-hydrogen) atoms. The highest BCUT2D eigenvalue weighted by atomic mass is 15.1. The molecule has 0 N–H and O–H groups in total. The number of hydrogen-bond acceptors (Lipinski definition) is 5. The Hall–Kier alpha value is -8.09. The van der Waals surface area contributed by atoms with E-state index in [4.69, 9.17) is 24.9 Å². The molecule has 0 aliphatic carbocycles. The van der Waals surface area contributed by atoms with E-state index in [0.29, 0.717) is 17.5 Å². The van der Waals surface area contributed by atoms with Crippen LogP contribution in [0.3, 0.4) is 0 Å². The standard InChI is InChI=1S/C53H34N6/c1-4-17-35(18-5-1)37-21-16-22-38(33-37)51-56-50(36-19-6-2-7-20-36)57-52(58-51)49-43-27-12-10-25-41(43)48(42-26-11-13-28-44(42)49)39-31-32-46(54-34-39)53-55-45-29-14-15-30-47(45)59(53)40-23-8-3-9-24-40/h1-34H. The minimum atomic E-state index is 0.616. The van der Waals surface area contributed by atoms with Gasteiger partial charge in [0.05, 0.1) is 11.0 Å². The third-order valence-corrected chi connectivity index (χ3v) is 10.9. The van der Waals surface area contributed by atoms with E-state index in [-0.39, 0.29) is 0 Å². The maximum atomic E-state index is 5.29. The van der Waals surface area contributed by atoms with Crippen LogP contribution in [0, 0.1) is 0 Å². The topological polar surface area (TPSA) is 69.4 Å². The third kappa shape index (κ3) is 6.11. The summed E-state index contributed by atoms with van der Waals surface area (Å²) in [7, 11) is 0. The van der Waals surface area contributed by atoms with Gasteiger partial charge in [0.25, 0.3) is 0 Å². The summed E-state index contributed by atoms with van der Waals surface area (Å²) in [6.07, 6.45) is 1.98. The van der Waals surface area contributed by atoms with Gasteiger partial charge in [-0.15, -0.1) is 0 Å². The van der Waals surface area contributed by atoms with Crippen LogP contribution in [0.25, 0.3) is 106 Å². The normalized spacial score (nSPS) is 11.4. The Labute approximate surface area is 340 Å². The van der Waals surface area contributed by atoms with E-state index >= 15 is 0 Å². The Kier molecular flexibility index (Phi) is 8.37. The van der Waals surface area contributed by atoms with Crippen molar-refractivity contribution in [2.75, 3.05) is 0 Å². The van der Waals surface area contributed by atoms with Crippen molar-refractivity contribution in [1.82, 2.24) is 29.5 Å². The number of para-hydroxylation sites is 3. The van der Waals surface area contributed by atoms with Gasteiger partial charge in [0.1, 0.15) is 5.69 Å². The summed E-state index contributed by atoms with van der Waals surface area (Å²) < 4.78 is 2.18. The van der Waals surface area contributed by atoms with Crippen LogP contribution in [0.1, 0.15) is 0 Å². The van der Waals surface area contributed by atoms with Crippen LogP contribution >= 0.6 is 0 Å². The first-order valence-electron chi connectivity index (χ1n) is 19.7. The zero-order valence-corrected chi connectivity index (χ0v) is 31.8. The quantitative estimate of drug-likeness (QED) is 0.152. The third-order valence-electron chi connectivity index (χ3n) is 10.9. The van der Waals surface area contributed by atoms with Crippen LogP contribution in [0.4, 0.5) is 0 Å². The zero-order chi connectivity index (χ0) is 39.1. The highest BCUT2D eigenvalue weighted by molar-refractivity contribution is 6.20. The van der Waals surface area contributed by atoms with E-state index in [1.807, 2.05) is 79.0 Å². The lowest BCUT2D eigenvalue weighted by Gasteiger charge is -2.17. The molecule has 0 saturated heterocycles. The summed E-state index contributed by atoms with van der Waals surface area (Å²) in [5.74, 6) is 2.65. The fourth-order valence-electron chi connectivity index (χ4n) is 8.19. The summed E-state index contributed by atoms with van der Waals surface area (Å²) in [5, 5.41) is 4.26. The van der Waals surface area contributed by atoms with Gasteiger partial charge in [-0.25, -0.2) is 19.9 Å². The Balaban J connectivity index is 1.10. The van der Waals surface area contributed by atoms with Crippen LogP contribution in [0.2, 0.25) is 0 Å². The summed E-state index contributed by atoms with van der Waals surface area (Å²) >= 11 is 0. The van der Waals surface area contributed by atoms with Crippen molar-refractivity contribution in [2.24, 2.45) is 0 Å². The Bertz CT molecular complexity index is 3250. The van der Waals surface area contributed by atoms with Crippen molar-refractivity contribution >= 4 is 32.6 Å². The average Bonchev–Trinajstić information content (AvgIpc) is 3.71. The zero-order valence-electron chi connectivity index (χ0n) is 31.8. The molecule has 0 fully saturated rings. The number of nitrogens with zero attached hydrogens (tertiary/aromatic N) is 6. The molecule has 0 radical (unpaired) electrons. The van der Waals surface area contributed by atoms with Crippen molar-refractivity contribution in [3.05, 3.63) is 206 Å². The van der Waals surface area contributed by atoms with Crippen molar-refractivity contribution in [2.45, 2.75) is 0 Å². The lowest BCUT2D eigenvalue weighted by atomic mass is 9.88. The van der Waals surface area contributed by atoms with E-state index in [9.17, 15) is 0 Å². The van der Waals surface area contributed by atoms with Crippen molar-refractivity contribution in [1.29, 1.82) is 0 Å². The fourth-order valence-corrected chi connectivity index (χ4v) is 8.19. The molecular weight excluding hydrogens is 721 g/mol. The largest absolute Gasteiger partial charge is 0.291 e. The predicted octanol–water partition coefficient (Wildman–Crippen LogP) is 12.9. The van der Waals surface area contributed by atoms with Gasteiger partial charge in [0.15, 0.2) is 23.3 Å². The monoisotopic (exact) mass is 754 g/mol. The molecule has 11 aromatic rings.